The van der Waals surface area contributed by atoms with E-state index in [1.807, 2.05) is 48.6 Å². The summed E-state index contributed by atoms with van der Waals surface area (Å²) < 4.78 is 5.51. The van der Waals surface area contributed by atoms with E-state index in [0.29, 0.717) is 18.8 Å². The number of aromatic nitrogens is 8. The standard InChI is InChI=1S/C27H33N9O/c1-5-6-10-22-17-35(25-23(19(2)3)16-29-34(25)4)26(37)36(22)18-27(11-13-28-14-12-27)21-9-7-8-20(15-21)24-30-32-33-31-24/h7-9,11,13-17,19H,5-6,10,12,18H2,1-4H3,(H,30,31,32,33). The van der Waals surface area contributed by atoms with Crippen molar-refractivity contribution in [2.75, 3.05) is 0 Å². The second-order valence-electron chi connectivity index (χ2n) is 9.99. The molecule has 0 spiro atoms. The summed E-state index contributed by atoms with van der Waals surface area (Å²) in [6.07, 6.45) is 13.3. The van der Waals surface area contributed by atoms with Crippen LogP contribution in [-0.4, -0.2) is 45.8 Å². The third-order valence-electron chi connectivity index (χ3n) is 7.16. The third-order valence-corrected chi connectivity index (χ3v) is 7.16. The first kappa shape index (κ1) is 24.6. The summed E-state index contributed by atoms with van der Waals surface area (Å²) in [7, 11) is 1.89. The summed E-state index contributed by atoms with van der Waals surface area (Å²) in [6.45, 7) is 6.91. The number of H-pyrrole nitrogens is 1. The number of tetrazole rings is 1. The lowest BCUT2D eigenvalue weighted by molar-refractivity contribution is 0.438. The Bertz CT molecular complexity index is 1490. The normalized spacial score (nSPS) is 17.2. The van der Waals surface area contributed by atoms with Crippen molar-refractivity contribution >= 4 is 6.21 Å². The number of aliphatic imine (C=N–C) groups is 1. The Balaban J connectivity index is 1.63. The smallest absolute Gasteiger partial charge is 0.295 e. The first-order chi connectivity index (χ1) is 17.9. The van der Waals surface area contributed by atoms with E-state index in [1.54, 1.807) is 9.25 Å². The molecule has 1 N–H and O–H groups in total. The molecular weight excluding hydrogens is 466 g/mol. The average Bonchev–Trinajstić information content (AvgIpc) is 3.64. The summed E-state index contributed by atoms with van der Waals surface area (Å²) >= 11 is 0. The van der Waals surface area contributed by atoms with E-state index in [-0.39, 0.29) is 11.6 Å². The van der Waals surface area contributed by atoms with Crippen LogP contribution in [0.25, 0.3) is 17.2 Å². The number of aryl methyl sites for hydroxylation is 2. The molecule has 5 rings (SSSR count). The minimum Gasteiger partial charge on any atom is -0.295 e. The van der Waals surface area contributed by atoms with Gasteiger partial charge in [-0.3, -0.25) is 18.8 Å². The Labute approximate surface area is 215 Å². The fraction of sp³-hybridized carbons (Fsp3) is 0.407. The van der Waals surface area contributed by atoms with Gasteiger partial charge in [-0.25, -0.2) is 4.79 Å². The fourth-order valence-corrected chi connectivity index (χ4v) is 5.04. The molecule has 10 heteroatoms. The zero-order valence-electron chi connectivity index (χ0n) is 21.8. The van der Waals surface area contributed by atoms with Gasteiger partial charge in [-0.1, -0.05) is 51.5 Å². The van der Waals surface area contributed by atoms with Crippen molar-refractivity contribution < 1.29 is 0 Å². The molecule has 0 bridgehead atoms. The molecule has 4 aromatic rings. The number of nitrogens with zero attached hydrogens (tertiary/aromatic N) is 8. The second-order valence-corrected chi connectivity index (χ2v) is 9.99. The van der Waals surface area contributed by atoms with Crippen LogP contribution in [0.4, 0.5) is 0 Å². The largest absolute Gasteiger partial charge is 0.334 e. The highest BCUT2D eigenvalue weighted by molar-refractivity contribution is 5.65. The monoisotopic (exact) mass is 499 g/mol. The zero-order valence-corrected chi connectivity index (χ0v) is 21.8. The van der Waals surface area contributed by atoms with Gasteiger partial charge in [0.25, 0.3) is 0 Å². The second kappa shape index (κ2) is 10.1. The lowest BCUT2D eigenvalue weighted by Gasteiger charge is -2.32. The first-order valence-electron chi connectivity index (χ1n) is 12.8. The molecule has 0 fully saturated rings. The summed E-state index contributed by atoms with van der Waals surface area (Å²) in [5, 5.41) is 19.0. The van der Waals surface area contributed by atoms with Gasteiger partial charge in [-0.2, -0.15) is 10.3 Å². The fourth-order valence-electron chi connectivity index (χ4n) is 5.04. The molecule has 0 saturated carbocycles. The number of allylic oxidation sites excluding steroid dienone is 1. The van der Waals surface area contributed by atoms with Gasteiger partial charge < -0.3 is 0 Å². The Morgan fingerprint density at radius 1 is 1.24 bits per heavy atom. The van der Waals surface area contributed by atoms with Gasteiger partial charge in [0.1, 0.15) is 5.82 Å². The zero-order chi connectivity index (χ0) is 26.0. The predicted molar refractivity (Wildman–Crippen MR) is 143 cm³/mol. The molecule has 1 aromatic carbocycles. The molecule has 3 aromatic heterocycles. The number of hydrogen-bond acceptors (Lipinski definition) is 6. The number of unbranched alkanes of at least 4 members (excludes halogenated alkanes) is 1. The van der Waals surface area contributed by atoms with Gasteiger partial charge in [0.05, 0.1) is 6.20 Å². The number of imidazole rings is 1. The van der Waals surface area contributed by atoms with Gasteiger partial charge in [0.2, 0.25) is 5.82 Å². The van der Waals surface area contributed by atoms with Gasteiger partial charge >= 0.3 is 5.69 Å². The third kappa shape index (κ3) is 4.59. The van der Waals surface area contributed by atoms with Crippen molar-refractivity contribution in [3.63, 3.8) is 0 Å². The molecular formula is C27H33N9O. The highest BCUT2D eigenvalue weighted by atomic mass is 16.1. The van der Waals surface area contributed by atoms with E-state index in [1.165, 1.54) is 0 Å². The van der Waals surface area contributed by atoms with Crippen molar-refractivity contribution in [1.82, 2.24) is 39.5 Å². The minimum atomic E-state index is -0.453. The van der Waals surface area contributed by atoms with E-state index in [0.717, 1.165) is 47.5 Å². The van der Waals surface area contributed by atoms with E-state index in [2.05, 4.69) is 69.7 Å². The van der Waals surface area contributed by atoms with Gasteiger partial charge in [0.15, 0.2) is 0 Å². The maximum atomic E-state index is 14.1. The van der Waals surface area contributed by atoms with Gasteiger partial charge in [-0.05, 0) is 42.0 Å². The summed E-state index contributed by atoms with van der Waals surface area (Å²) in [4.78, 5) is 18.4. The van der Waals surface area contributed by atoms with Crippen LogP contribution in [0.3, 0.4) is 0 Å². The van der Waals surface area contributed by atoms with Crippen LogP contribution < -0.4 is 5.69 Å². The lowest BCUT2D eigenvalue weighted by Crippen LogP contribution is -2.37. The number of nitrogens with one attached hydrogen (secondary N) is 1. The molecule has 1 atom stereocenters. The molecule has 10 nitrogen and oxygen atoms in total. The molecule has 0 saturated heterocycles. The van der Waals surface area contributed by atoms with Crippen molar-refractivity contribution in [3.05, 3.63) is 76.2 Å². The number of rotatable bonds is 9. The molecule has 0 radical (unpaired) electrons. The average molecular weight is 500 g/mol. The van der Waals surface area contributed by atoms with Crippen LogP contribution in [0.5, 0.6) is 0 Å². The van der Waals surface area contributed by atoms with E-state index in [9.17, 15) is 4.79 Å². The molecule has 0 amide bonds. The van der Waals surface area contributed by atoms with Crippen LogP contribution in [-0.2, 0) is 25.4 Å². The van der Waals surface area contributed by atoms with E-state index < -0.39 is 5.41 Å². The van der Waals surface area contributed by atoms with Crippen molar-refractivity contribution in [3.8, 4) is 17.2 Å². The Kier molecular flexibility index (Phi) is 6.73. The lowest BCUT2D eigenvalue weighted by atomic mass is 9.76. The molecule has 4 heterocycles. The Morgan fingerprint density at radius 3 is 2.81 bits per heavy atom. The maximum Gasteiger partial charge on any atom is 0.334 e. The van der Waals surface area contributed by atoms with Crippen LogP contribution >= 0.6 is 0 Å². The van der Waals surface area contributed by atoms with E-state index in [4.69, 9.17) is 0 Å². The van der Waals surface area contributed by atoms with Gasteiger partial charge in [0, 0.05) is 54.4 Å². The topological polar surface area (TPSA) is 112 Å². The van der Waals surface area contributed by atoms with Gasteiger partial charge in [-0.15, -0.1) is 10.2 Å². The van der Waals surface area contributed by atoms with Crippen LogP contribution in [0.1, 0.15) is 62.8 Å². The molecule has 0 aliphatic carbocycles. The Morgan fingerprint density at radius 2 is 2.11 bits per heavy atom. The van der Waals surface area contributed by atoms with Crippen molar-refractivity contribution in [1.29, 1.82) is 0 Å². The van der Waals surface area contributed by atoms with Crippen molar-refractivity contribution in [2.45, 2.75) is 64.3 Å². The highest BCUT2D eigenvalue weighted by Gasteiger charge is 2.33. The molecule has 1 unspecified atom stereocenters. The number of benzene rings is 1. The first-order valence-corrected chi connectivity index (χ1v) is 12.8. The summed E-state index contributed by atoms with van der Waals surface area (Å²) in [5.74, 6) is 1.61. The quantitative estimate of drug-likeness (QED) is 0.375. The predicted octanol–water partition coefficient (Wildman–Crippen LogP) is 3.94. The minimum absolute atomic E-state index is 0.0544. The van der Waals surface area contributed by atoms with Crippen LogP contribution in [0, 0.1) is 0 Å². The molecule has 1 aliphatic rings. The summed E-state index contributed by atoms with van der Waals surface area (Å²) in [5.41, 5.74) is 3.51. The number of hydrogen-bond donors (Lipinski definition) is 1. The van der Waals surface area contributed by atoms with Crippen molar-refractivity contribution in [2.24, 2.45) is 12.0 Å². The van der Waals surface area contributed by atoms with Crippen LogP contribution in [0.2, 0.25) is 0 Å². The Hall–Kier alpha value is -4.08. The highest BCUT2D eigenvalue weighted by Crippen LogP contribution is 2.35. The van der Waals surface area contributed by atoms with E-state index >= 15 is 0 Å². The number of aromatic amines is 1. The molecule has 192 valence electrons. The molecule has 37 heavy (non-hydrogen) atoms. The molecule has 1 aliphatic heterocycles. The van der Waals surface area contributed by atoms with Crippen LogP contribution in [0.15, 0.2) is 58.7 Å². The SMILES string of the molecule is CCCCc1cn(-c2c(C(C)C)cnn2C)c(=O)n1CC1(c2cccc(-c3nn[nH]n3)c2)C=CN=CC1. The summed E-state index contributed by atoms with van der Waals surface area (Å²) in [6, 6.07) is 8.14. The maximum absolute atomic E-state index is 14.1.